The molecule has 5 nitrogen and oxygen atoms in total. The number of unbranched alkanes of at least 4 members (excludes halogenated alkanes) is 2. The lowest BCUT2D eigenvalue weighted by Crippen LogP contribution is -2.06. The van der Waals surface area contributed by atoms with E-state index < -0.39 is 5.97 Å². The highest BCUT2D eigenvalue weighted by Crippen LogP contribution is 2.13. The highest BCUT2D eigenvalue weighted by molar-refractivity contribution is 5.87. The molecule has 0 unspecified atom stereocenters. The first-order valence-electron chi connectivity index (χ1n) is 6.15. The first kappa shape index (κ1) is 16.5. The lowest BCUT2D eigenvalue weighted by Gasteiger charge is -2.06. The van der Waals surface area contributed by atoms with E-state index in [2.05, 4.69) is 6.92 Å². The Labute approximate surface area is 108 Å². The van der Waals surface area contributed by atoms with E-state index in [1.807, 2.05) is 0 Å². The average Bonchev–Trinajstić information content (AvgIpc) is 2.36. The predicted molar refractivity (Wildman–Crippen MR) is 66.9 cm³/mol. The fourth-order valence-electron chi connectivity index (χ4n) is 1.41. The summed E-state index contributed by atoms with van der Waals surface area (Å²) < 4.78 is 10.1. The number of hydrogen-bond acceptors (Lipinski definition) is 4. The standard InChI is InChI=1S/C13H21NO4/c1-3-4-8-18-9-6-5-7-11(13(15)16)12(10-14)17-2/h3-9H2,1-2H3,(H,15,16). The van der Waals surface area contributed by atoms with Gasteiger partial charge in [-0.25, -0.2) is 4.79 Å². The molecule has 0 saturated carbocycles. The Morgan fingerprint density at radius 2 is 1.94 bits per heavy atom. The summed E-state index contributed by atoms with van der Waals surface area (Å²) in [5, 5.41) is 17.7. The second-order valence-electron chi connectivity index (χ2n) is 3.85. The third kappa shape index (κ3) is 6.92. The number of carboxylic acids is 1. The van der Waals surface area contributed by atoms with Crippen molar-refractivity contribution in [1.29, 1.82) is 5.26 Å². The molecule has 0 saturated heterocycles. The van der Waals surface area contributed by atoms with Crippen LogP contribution in [-0.2, 0) is 14.3 Å². The molecule has 102 valence electrons. The third-order valence-electron chi connectivity index (χ3n) is 2.45. The number of carboxylic acid groups (broad SMARTS) is 1. The van der Waals surface area contributed by atoms with E-state index in [4.69, 9.17) is 19.8 Å². The van der Waals surface area contributed by atoms with Gasteiger partial charge in [-0.3, -0.25) is 0 Å². The van der Waals surface area contributed by atoms with Gasteiger partial charge in [-0.2, -0.15) is 5.26 Å². The van der Waals surface area contributed by atoms with Crippen molar-refractivity contribution in [3.8, 4) is 6.07 Å². The monoisotopic (exact) mass is 255 g/mol. The van der Waals surface area contributed by atoms with Gasteiger partial charge in [-0.05, 0) is 25.7 Å². The zero-order valence-electron chi connectivity index (χ0n) is 11.1. The Kier molecular flexibility index (Phi) is 9.70. The SMILES string of the molecule is CCCCOCCCCC(C(=O)O)=C(C#N)OC. The summed E-state index contributed by atoms with van der Waals surface area (Å²) >= 11 is 0. The molecule has 0 aliphatic heterocycles. The van der Waals surface area contributed by atoms with Gasteiger partial charge in [0.15, 0.2) is 0 Å². The number of nitrogens with zero attached hydrogens (tertiary/aromatic N) is 1. The quantitative estimate of drug-likeness (QED) is 0.281. The zero-order chi connectivity index (χ0) is 13.8. The van der Waals surface area contributed by atoms with E-state index >= 15 is 0 Å². The molecule has 0 rings (SSSR count). The van der Waals surface area contributed by atoms with Gasteiger partial charge in [-0.1, -0.05) is 13.3 Å². The third-order valence-corrected chi connectivity index (χ3v) is 2.45. The minimum absolute atomic E-state index is 0.0357. The van der Waals surface area contributed by atoms with E-state index in [0.29, 0.717) is 19.4 Å². The Hall–Kier alpha value is -1.54. The number of nitriles is 1. The number of methoxy groups -OCH3 is 1. The Balaban J connectivity index is 3.98. The number of aliphatic carboxylic acids is 1. The Morgan fingerprint density at radius 3 is 2.44 bits per heavy atom. The first-order chi connectivity index (χ1) is 8.67. The highest BCUT2D eigenvalue weighted by atomic mass is 16.5. The molecule has 0 heterocycles. The van der Waals surface area contributed by atoms with Crippen molar-refractivity contribution >= 4 is 5.97 Å². The van der Waals surface area contributed by atoms with Gasteiger partial charge in [0.05, 0.1) is 12.7 Å². The predicted octanol–water partition coefficient (Wildman–Crippen LogP) is 2.48. The van der Waals surface area contributed by atoms with E-state index in [9.17, 15) is 4.79 Å². The van der Waals surface area contributed by atoms with Crippen LogP contribution in [0.1, 0.15) is 39.0 Å². The van der Waals surface area contributed by atoms with Gasteiger partial charge < -0.3 is 14.6 Å². The number of allylic oxidation sites excluding steroid dienone is 1. The van der Waals surface area contributed by atoms with Crippen LogP contribution in [0.25, 0.3) is 0 Å². The lowest BCUT2D eigenvalue weighted by atomic mass is 10.1. The molecule has 1 N–H and O–H groups in total. The fraction of sp³-hybridized carbons (Fsp3) is 0.692. The van der Waals surface area contributed by atoms with Crippen LogP contribution in [0.2, 0.25) is 0 Å². The second kappa shape index (κ2) is 10.6. The average molecular weight is 255 g/mol. The Bertz CT molecular complexity index is 317. The van der Waals surface area contributed by atoms with Gasteiger partial charge in [-0.15, -0.1) is 0 Å². The van der Waals surface area contributed by atoms with E-state index in [0.717, 1.165) is 25.9 Å². The smallest absolute Gasteiger partial charge is 0.336 e. The van der Waals surface area contributed by atoms with Crippen LogP contribution in [-0.4, -0.2) is 31.4 Å². The molecule has 0 aliphatic carbocycles. The minimum atomic E-state index is -1.10. The molecule has 5 heteroatoms. The van der Waals surface area contributed by atoms with Crippen LogP contribution in [0.4, 0.5) is 0 Å². The molecular formula is C13H21NO4. The maximum Gasteiger partial charge on any atom is 0.336 e. The van der Waals surface area contributed by atoms with Gasteiger partial charge in [0, 0.05) is 13.2 Å². The van der Waals surface area contributed by atoms with Crippen molar-refractivity contribution < 1.29 is 19.4 Å². The van der Waals surface area contributed by atoms with Crippen LogP contribution in [0, 0.1) is 11.3 Å². The largest absolute Gasteiger partial charge is 0.487 e. The van der Waals surface area contributed by atoms with Crippen molar-refractivity contribution in [2.24, 2.45) is 0 Å². The van der Waals surface area contributed by atoms with E-state index in [1.165, 1.54) is 7.11 Å². The summed E-state index contributed by atoms with van der Waals surface area (Å²) in [7, 11) is 1.30. The second-order valence-corrected chi connectivity index (χ2v) is 3.85. The van der Waals surface area contributed by atoms with Gasteiger partial charge in [0.2, 0.25) is 5.76 Å². The molecule has 0 aliphatic rings. The maximum absolute atomic E-state index is 10.9. The number of carbonyl (C=O) groups is 1. The topological polar surface area (TPSA) is 79.5 Å². The normalized spacial score (nSPS) is 11.6. The lowest BCUT2D eigenvalue weighted by molar-refractivity contribution is -0.133. The first-order valence-corrected chi connectivity index (χ1v) is 6.15. The summed E-state index contributed by atoms with van der Waals surface area (Å²) in [4.78, 5) is 10.9. The summed E-state index contributed by atoms with van der Waals surface area (Å²) in [6.45, 7) is 3.48. The van der Waals surface area contributed by atoms with E-state index in [1.54, 1.807) is 6.07 Å². The molecule has 0 atom stereocenters. The number of ether oxygens (including phenoxy) is 2. The highest BCUT2D eigenvalue weighted by Gasteiger charge is 2.14. The number of rotatable bonds is 10. The molecule has 0 aromatic heterocycles. The molecule has 0 amide bonds. The molecule has 0 aromatic rings. The Morgan fingerprint density at radius 1 is 1.28 bits per heavy atom. The van der Waals surface area contributed by atoms with Crippen LogP contribution in [0.3, 0.4) is 0 Å². The summed E-state index contributed by atoms with van der Waals surface area (Å²) in [6.07, 6.45) is 3.92. The maximum atomic E-state index is 10.9. The van der Waals surface area contributed by atoms with Crippen LogP contribution in [0.5, 0.6) is 0 Å². The molecule has 0 fully saturated rings. The summed E-state index contributed by atoms with van der Waals surface area (Å²) in [6, 6.07) is 1.75. The van der Waals surface area contributed by atoms with Crippen molar-refractivity contribution in [2.75, 3.05) is 20.3 Å². The van der Waals surface area contributed by atoms with Gasteiger partial charge >= 0.3 is 5.97 Å². The van der Waals surface area contributed by atoms with Gasteiger partial charge in [0.1, 0.15) is 6.07 Å². The van der Waals surface area contributed by atoms with Crippen molar-refractivity contribution in [3.05, 3.63) is 11.3 Å². The summed E-state index contributed by atoms with van der Waals surface area (Å²) in [5.41, 5.74) is 0.0357. The van der Waals surface area contributed by atoms with Crippen LogP contribution in [0.15, 0.2) is 11.3 Å². The van der Waals surface area contributed by atoms with Crippen molar-refractivity contribution in [2.45, 2.75) is 39.0 Å². The molecule has 0 radical (unpaired) electrons. The minimum Gasteiger partial charge on any atom is -0.487 e. The summed E-state index contributed by atoms with van der Waals surface area (Å²) in [5.74, 6) is -1.21. The van der Waals surface area contributed by atoms with E-state index in [-0.39, 0.29) is 11.3 Å². The van der Waals surface area contributed by atoms with Crippen LogP contribution >= 0.6 is 0 Å². The van der Waals surface area contributed by atoms with Crippen LogP contribution < -0.4 is 0 Å². The molecule has 0 spiro atoms. The molecule has 0 aromatic carbocycles. The van der Waals surface area contributed by atoms with Crippen molar-refractivity contribution in [1.82, 2.24) is 0 Å². The van der Waals surface area contributed by atoms with Crippen molar-refractivity contribution in [3.63, 3.8) is 0 Å². The molecule has 0 bridgehead atoms. The van der Waals surface area contributed by atoms with Gasteiger partial charge in [0.25, 0.3) is 0 Å². The fourth-order valence-corrected chi connectivity index (χ4v) is 1.41. The number of hydrogen-bond donors (Lipinski definition) is 1. The molecular weight excluding hydrogens is 234 g/mol. The molecule has 18 heavy (non-hydrogen) atoms. The zero-order valence-corrected chi connectivity index (χ0v) is 11.1.